The highest BCUT2D eigenvalue weighted by Gasteiger charge is 2.09. The number of para-hydroxylation sites is 2. The number of nitrogens with one attached hydrogen (secondary N) is 1. The Bertz CT molecular complexity index is 852. The number of rotatable bonds is 0. The number of imidazole rings is 2. The summed E-state index contributed by atoms with van der Waals surface area (Å²) >= 11 is 0. The van der Waals surface area contributed by atoms with E-state index >= 15 is 0 Å². The first kappa shape index (κ1) is 8.82. The van der Waals surface area contributed by atoms with Crippen molar-refractivity contribution < 1.29 is 0 Å². The Morgan fingerprint density at radius 1 is 1.06 bits per heavy atom. The van der Waals surface area contributed by atoms with E-state index in [9.17, 15) is 0 Å². The fourth-order valence-corrected chi connectivity index (χ4v) is 2.42. The van der Waals surface area contributed by atoms with E-state index in [1.807, 2.05) is 18.2 Å². The SMILES string of the molecule is Cc1ccc2c(c1)[nH]c1nc3ccccc3n12. The van der Waals surface area contributed by atoms with Gasteiger partial charge in [0.15, 0.2) is 0 Å². The van der Waals surface area contributed by atoms with E-state index in [4.69, 9.17) is 0 Å². The molecule has 0 atom stereocenters. The number of aromatic nitrogens is 3. The molecule has 1 N–H and O–H groups in total. The number of nitrogens with zero attached hydrogens (tertiary/aromatic N) is 2. The number of hydrogen-bond donors (Lipinski definition) is 1. The molecule has 0 aliphatic rings. The van der Waals surface area contributed by atoms with E-state index in [0.717, 1.165) is 22.3 Å². The Balaban J connectivity index is 2.31. The van der Waals surface area contributed by atoms with Crippen molar-refractivity contribution in [1.29, 1.82) is 0 Å². The molecule has 2 aromatic heterocycles. The van der Waals surface area contributed by atoms with Gasteiger partial charge in [-0.25, -0.2) is 4.98 Å². The number of hydrogen-bond acceptors (Lipinski definition) is 1. The van der Waals surface area contributed by atoms with Gasteiger partial charge in [0, 0.05) is 0 Å². The molecule has 0 unspecified atom stereocenters. The van der Waals surface area contributed by atoms with Gasteiger partial charge in [0.1, 0.15) is 0 Å². The second-order valence-corrected chi connectivity index (χ2v) is 4.41. The molecule has 4 rings (SSSR count). The fraction of sp³-hybridized carbons (Fsp3) is 0.0714. The second-order valence-electron chi connectivity index (χ2n) is 4.41. The molecule has 0 saturated carbocycles. The van der Waals surface area contributed by atoms with Crippen LogP contribution in [-0.4, -0.2) is 14.4 Å². The molecule has 3 heteroatoms. The first-order valence-electron chi connectivity index (χ1n) is 5.68. The third-order valence-electron chi connectivity index (χ3n) is 3.20. The summed E-state index contributed by atoms with van der Waals surface area (Å²) in [6, 6.07) is 14.6. The quantitative estimate of drug-likeness (QED) is 0.485. The van der Waals surface area contributed by atoms with Gasteiger partial charge >= 0.3 is 0 Å². The summed E-state index contributed by atoms with van der Waals surface area (Å²) in [7, 11) is 0. The molecule has 3 nitrogen and oxygen atoms in total. The van der Waals surface area contributed by atoms with Crippen molar-refractivity contribution in [1.82, 2.24) is 14.4 Å². The minimum absolute atomic E-state index is 0.909. The molecule has 0 aliphatic heterocycles. The smallest absolute Gasteiger partial charge is 0.213 e. The van der Waals surface area contributed by atoms with Gasteiger partial charge in [0.25, 0.3) is 0 Å². The molecular weight excluding hydrogens is 210 g/mol. The largest absolute Gasteiger partial charge is 0.323 e. The van der Waals surface area contributed by atoms with Crippen LogP contribution in [0.3, 0.4) is 0 Å². The number of aromatic amines is 1. The molecule has 82 valence electrons. The van der Waals surface area contributed by atoms with Gasteiger partial charge in [-0.3, -0.25) is 4.40 Å². The number of fused-ring (bicyclic) bond motifs is 5. The normalized spacial score (nSPS) is 11.8. The van der Waals surface area contributed by atoms with Gasteiger partial charge < -0.3 is 4.98 Å². The molecular formula is C14H11N3. The number of H-pyrrole nitrogens is 1. The van der Waals surface area contributed by atoms with E-state index in [-0.39, 0.29) is 0 Å². The van der Waals surface area contributed by atoms with Crippen molar-refractivity contribution in [2.75, 3.05) is 0 Å². The Morgan fingerprint density at radius 3 is 2.88 bits per heavy atom. The van der Waals surface area contributed by atoms with Crippen LogP contribution in [0.1, 0.15) is 5.56 Å². The predicted octanol–water partition coefficient (Wildman–Crippen LogP) is 3.28. The Hall–Kier alpha value is -2.29. The monoisotopic (exact) mass is 221 g/mol. The van der Waals surface area contributed by atoms with Crippen molar-refractivity contribution in [3.8, 4) is 0 Å². The Labute approximate surface area is 97.7 Å². The summed E-state index contributed by atoms with van der Waals surface area (Å²) < 4.78 is 2.17. The molecule has 0 bridgehead atoms. The first-order chi connectivity index (χ1) is 8.33. The summed E-state index contributed by atoms with van der Waals surface area (Å²) in [4.78, 5) is 7.95. The summed E-state index contributed by atoms with van der Waals surface area (Å²) in [5, 5.41) is 0. The first-order valence-corrected chi connectivity index (χ1v) is 5.68. The minimum Gasteiger partial charge on any atom is -0.323 e. The van der Waals surface area contributed by atoms with E-state index < -0.39 is 0 Å². The molecule has 0 saturated heterocycles. The minimum atomic E-state index is 0.909. The zero-order valence-corrected chi connectivity index (χ0v) is 9.44. The van der Waals surface area contributed by atoms with Gasteiger partial charge in [0.05, 0.1) is 22.1 Å². The van der Waals surface area contributed by atoms with Gasteiger partial charge in [-0.1, -0.05) is 18.2 Å². The second kappa shape index (κ2) is 2.88. The van der Waals surface area contributed by atoms with Crippen LogP contribution < -0.4 is 0 Å². The predicted molar refractivity (Wildman–Crippen MR) is 69.3 cm³/mol. The van der Waals surface area contributed by atoms with Crippen molar-refractivity contribution in [2.24, 2.45) is 0 Å². The average molecular weight is 221 g/mol. The van der Waals surface area contributed by atoms with Gasteiger partial charge in [0.2, 0.25) is 5.78 Å². The maximum Gasteiger partial charge on any atom is 0.213 e. The van der Waals surface area contributed by atoms with Crippen LogP contribution in [0.4, 0.5) is 0 Å². The Kier molecular flexibility index (Phi) is 1.50. The molecule has 0 fully saturated rings. The number of aryl methyl sites for hydroxylation is 1. The molecule has 0 radical (unpaired) electrons. The summed E-state index contributed by atoms with van der Waals surface area (Å²) in [5.41, 5.74) is 5.75. The molecule has 0 aliphatic carbocycles. The maximum atomic E-state index is 4.59. The van der Waals surface area contributed by atoms with Crippen LogP contribution in [0.5, 0.6) is 0 Å². The van der Waals surface area contributed by atoms with Crippen LogP contribution in [-0.2, 0) is 0 Å². The molecule has 4 aromatic rings. The highest BCUT2D eigenvalue weighted by atomic mass is 15.1. The standard InChI is InChI=1S/C14H11N3/c1-9-6-7-13-11(8-9)16-14-15-10-4-2-3-5-12(10)17(13)14/h2-8H,1H3,(H,15,16). The van der Waals surface area contributed by atoms with Crippen molar-refractivity contribution in [3.05, 3.63) is 48.0 Å². The lowest BCUT2D eigenvalue weighted by molar-refractivity contribution is 1.28. The van der Waals surface area contributed by atoms with Crippen LogP contribution in [0, 0.1) is 6.92 Å². The van der Waals surface area contributed by atoms with Gasteiger partial charge in [-0.2, -0.15) is 0 Å². The molecule has 0 amide bonds. The summed E-state index contributed by atoms with van der Waals surface area (Å²) in [6.45, 7) is 2.10. The summed E-state index contributed by atoms with van der Waals surface area (Å²) in [6.07, 6.45) is 0. The molecule has 17 heavy (non-hydrogen) atoms. The van der Waals surface area contributed by atoms with Crippen molar-refractivity contribution in [2.45, 2.75) is 6.92 Å². The highest BCUT2D eigenvalue weighted by molar-refractivity contribution is 5.89. The third kappa shape index (κ3) is 1.08. The maximum absolute atomic E-state index is 4.59. The van der Waals surface area contributed by atoms with Gasteiger partial charge in [-0.05, 0) is 36.8 Å². The number of benzene rings is 2. The lowest BCUT2D eigenvalue weighted by Crippen LogP contribution is -1.80. The molecule has 2 heterocycles. The van der Waals surface area contributed by atoms with E-state index in [0.29, 0.717) is 0 Å². The zero-order chi connectivity index (χ0) is 11.4. The zero-order valence-electron chi connectivity index (χ0n) is 9.44. The van der Waals surface area contributed by atoms with Crippen molar-refractivity contribution in [3.63, 3.8) is 0 Å². The lowest BCUT2D eigenvalue weighted by atomic mass is 10.2. The van der Waals surface area contributed by atoms with E-state index in [2.05, 4.69) is 45.6 Å². The fourth-order valence-electron chi connectivity index (χ4n) is 2.42. The molecule has 0 spiro atoms. The average Bonchev–Trinajstić information content (AvgIpc) is 2.83. The van der Waals surface area contributed by atoms with Gasteiger partial charge in [-0.15, -0.1) is 0 Å². The Morgan fingerprint density at radius 2 is 1.94 bits per heavy atom. The van der Waals surface area contributed by atoms with Crippen LogP contribution in [0.2, 0.25) is 0 Å². The third-order valence-corrected chi connectivity index (χ3v) is 3.20. The van der Waals surface area contributed by atoms with E-state index in [1.54, 1.807) is 0 Å². The van der Waals surface area contributed by atoms with Crippen LogP contribution in [0.15, 0.2) is 42.5 Å². The van der Waals surface area contributed by atoms with Crippen molar-refractivity contribution >= 4 is 27.8 Å². The summed E-state index contributed by atoms with van der Waals surface area (Å²) in [5.74, 6) is 0.909. The topological polar surface area (TPSA) is 33.1 Å². The highest BCUT2D eigenvalue weighted by Crippen LogP contribution is 2.23. The molecule has 2 aromatic carbocycles. The van der Waals surface area contributed by atoms with E-state index in [1.165, 1.54) is 11.1 Å². The van der Waals surface area contributed by atoms with Crippen LogP contribution in [0.25, 0.3) is 27.8 Å². The van der Waals surface area contributed by atoms with Crippen LogP contribution >= 0.6 is 0 Å². The lowest BCUT2D eigenvalue weighted by Gasteiger charge is -1.95.